The number of halogens is 5. The molecule has 5 rings (SSSR count). The highest BCUT2D eigenvalue weighted by atomic mass is 32.1. The van der Waals surface area contributed by atoms with E-state index >= 15 is 0 Å². The molecule has 20 heteroatoms. The number of hydrogen-bond acceptors (Lipinski definition) is 9. The van der Waals surface area contributed by atoms with E-state index in [1.807, 2.05) is 4.90 Å². The molecule has 2 saturated heterocycles. The van der Waals surface area contributed by atoms with Gasteiger partial charge in [0, 0.05) is 62.5 Å². The second kappa shape index (κ2) is 18.7. The number of piperidine rings is 1. The Morgan fingerprint density at radius 1 is 1.09 bits per heavy atom. The van der Waals surface area contributed by atoms with E-state index in [9.17, 15) is 36.3 Å². The number of benzene rings is 2. The number of carboxylic acids is 1. The predicted octanol–water partition coefficient (Wildman–Crippen LogP) is 3.61. The Labute approximate surface area is 313 Å². The van der Waals surface area contributed by atoms with Crippen LogP contribution in [0.1, 0.15) is 39.4 Å². The van der Waals surface area contributed by atoms with E-state index < -0.39 is 42.0 Å². The number of nitrogens with one attached hydrogen (secondary N) is 1. The van der Waals surface area contributed by atoms with Crippen molar-refractivity contribution in [3.63, 3.8) is 0 Å². The fraction of sp³-hybridized carbons (Fsp3) is 0.412. The third-order valence-electron chi connectivity index (χ3n) is 8.61. The lowest BCUT2D eigenvalue weighted by Gasteiger charge is -2.37. The number of carbonyl (C=O) groups excluding carboxylic acids is 3. The molecule has 0 bridgehead atoms. The Morgan fingerprint density at radius 3 is 2.35 bits per heavy atom. The molecular weight excluding hydrogens is 745 g/mol. The van der Waals surface area contributed by atoms with Crippen molar-refractivity contribution in [1.29, 1.82) is 5.26 Å². The number of carboxylic acid groups (broad SMARTS) is 1. The monoisotopic (exact) mass is 783 g/mol. The summed E-state index contributed by atoms with van der Waals surface area (Å²) in [7, 11) is 1.50. The van der Waals surface area contributed by atoms with Gasteiger partial charge in [-0.3, -0.25) is 14.4 Å². The van der Waals surface area contributed by atoms with Crippen LogP contribution in [-0.2, 0) is 21.4 Å². The number of aromatic nitrogens is 2. The van der Waals surface area contributed by atoms with Crippen LogP contribution in [-0.4, -0.2) is 106 Å². The molecule has 0 spiro atoms. The summed E-state index contributed by atoms with van der Waals surface area (Å²) >= 11 is 0. The lowest BCUT2D eigenvalue weighted by Crippen LogP contribution is -2.51. The number of likely N-dealkylation sites (tertiary alicyclic amines) is 1. The first kappa shape index (κ1) is 43.1. The summed E-state index contributed by atoms with van der Waals surface area (Å²) in [6, 6.07) is 9.10. The molecule has 54 heavy (non-hydrogen) atoms. The zero-order valence-electron chi connectivity index (χ0n) is 29.1. The Kier molecular flexibility index (Phi) is 14.9. The molecule has 2 fully saturated rings. The van der Waals surface area contributed by atoms with Crippen molar-refractivity contribution >= 4 is 42.9 Å². The quantitative estimate of drug-likeness (QED) is 0.285. The molecule has 3 amide bonds. The van der Waals surface area contributed by atoms with Crippen molar-refractivity contribution in [1.82, 2.24) is 19.4 Å². The van der Waals surface area contributed by atoms with E-state index in [2.05, 4.69) is 10.3 Å². The van der Waals surface area contributed by atoms with Crippen LogP contribution in [0.5, 0.6) is 5.75 Å². The summed E-state index contributed by atoms with van der Waals surface area (Å²) in [6.07, 6.45) is -2.83. The van der Waals surface area contributed by atoms with E-state index in [-0.39, 0.29) is 54.4 Å². The Balaban J connectivity index is 0.000000893. The first-order valence-corrected chi connectivity index (χ1v) is 16.2. The van der Waals surface area contributed by atoms with Gasteiger partial charge >= 0.3 is 12.1 Å². The van der Waals surface area contributed by atoms with Crippen LogP contribution in [0.2, 0.25) is 0 Å². The number of amides is 3. The largest absolute Gasteiger partial charge is 0.490 e. The van der Waals surface area contributed by atoms with Gasteiger partial charge < -0.3 is 40.0 Å². The number of ether oxygens (including phenoxy) is 2. The van der Waals surface area contributed by atoms with Gasteiger partial charge in [0.25, 0.3) is 11.8 Å². The number of hydrogen-bond donors (Lipinski definition) is 3. The second-order valence-corrected chi connectivity index (χ2v) is 12.1. The number of carbonyl (C=O) groups is 4. The van der Waals surface area contributed by atoms with E-state index in [0.717, 1.165) is 0 Å². The maximum absolute atomic E-state index is 14.8. The van der Waals surface area contributed by atoms with Crippen LogP contribution in [0.4, 0.5) is 27.6 Å². The molecule has 292 valence electrons. The van der Waals surface area contributed by atoms with Crippen molar-refractivity contribution in [3.05, 3.63) is 65.1 Å². The number of nitrogens with zero attached hydrogens (tertiary/aromatic N) is 5. The molecule has 0 radical (unpaired) electrons. The van der Waals surface area contributed by atoms with Crippen LogP contribution < -0.4 is 15.8 Å². The number of aryl methyl sites for hydroxylation is 1. The van der Waals surface area contributed by atoms with Gasteiger partial charge in [0.1, 0.15) is 6.07 Å². The van der Waals surface area contributed by atoms with Crippen LogP contribution in [0, 0.1) is 35.8 Å². The van der Waals surface area contributed by atoms with Crippen LogP contribution in [0.15, 0.2) is 36.5 Å². The maximum atomic E-state index is 14.8. The number of alkyl halides is 3. The Morgan fingerprint density at radius 2 is 1.76 bits per heavy atom. The highest BCUT2D eigenvalue weighted by Crippen LogP contribution is 2.31. The molecular formula is C34H38F5N7O7S. The molecule has 4 N–H and O–H groups in total. The van der Waals surface area contributed by atoms with Gasteiger partial charge in [0.15, 0.2) is 24.0 Å². The molecule has 0 unspecified atom stereocenters. The topological polar surface area (TPSA) is 193 Å². The highest BCUT2D eigenvalue weighted by Gasteiger charge is 2.38. The summed E-state index contributed by atoms with van der Waals surface area (Å²) in [5.41, 5.74) is 7.29. The lowest BCUT2D eigenvalue weighted by molar-refractivity contribution is -0.192. The van der Waals surface area contributed by atoms with Gasteiger partial charge in [-0.15, -0.1) is 0 Å². The molecule has 14 nitrogen and oxygen atoms in total. The fourth-order valence-electron chi connectivity index (χ4n) is 5.81. The number of imidazole rings is 1. The first-order valence-electron chi connectivity index (χ1n) is 16.2. The van der Waals surface area contributed by atoms with E-state index in [4.69, 9.17) is 30.4 Å². The third-order valence-corrected chi connectivity index (χ3v) is 8.61. The average Bonchev–Trinajstić information content (AvgIpc) is 3.52. The highest BCUT2D eigenvalue weighted by molar-refractivity contribution is 7.59. The van der Waals surface area contributed by atoms with Gasteiger partial charge in [-0.25, -0.2) is 14.2 Å². The van der Waals surface area contributed by atoms with Gasteiger partial charge in [0.2, 0.25) is 11.7 Å². The Hall–Kier alpha value is -5.26. The molecule has 0 aliphatic carbocycles. The number of morpholine rings is 1. The molecule has 2 aliphatic heterocycles. The minimum atomic E-state index is -5.08. The SMILES string of the molecule is Cc1cc(NC(=O)c2ncc(-c3ccc(OCC#N)c(F)c3F)n2C)ccc1C(=O)N1CCC(C(=O)N2CCO[C@@H](CN)C2)CC1.O=C(O)C(F)(F)F.S. The van der Waals surface area contributed by atoms with Crippen LogP contribution >= 0.6 is 13.5 Å². The van der Waals surface area contributed by atoms with Crippen molar-refractivity contribution in [2.75, 3.05) is 51.3 Å². The minimum absolute atomic E-state index is 0. The van der Waals surface area contributed by atoms with Gasteiger partial charge in [-0.05, 0) is 55.7 Å². The summed E-state index contributed by atoms with van der Waals surface area (Å²) in [4.78, 5) is 56.1. The van der Waals surface area contributed by atoms with Gasteiger partial charge in [-0.2, -0.15) is 36.3 Å². The van der Waals surface area contributed by atoms with Crippen LogP contribution in [0.25, 0.3) is 11.3 Å². The second-order valence-electron chi connectivity index (χ2n) is 12.1. The number of nitrogens with two attached hydrogens (primary N) is 1. The van der Waals surface area contributed by atoms with E-state index in [1.54, 1.807) is 36.1 Å². The summed E-state index contributed by atoms with van der Waals surface area (Å²) in [5.74, 6) is -6.46. The number of rotatable bonds is 8. The molecule has 3 aromatic rings. The summed E-state index contributed by atoms with van der Waals surface area (Å²) < 4.78 is 72.8. The average molecular weight is 784 g/mol. The summed E-state index contributed by atoms with van der Waals surface area (Å²) in [6.45, 7) is 4.12. The number of anilines is 1. The molecule has 2 aromatic carbocycles. The summed E-state index contributed by atoms with van der Waals surface area (Å²) in [5, 5.41) is 18.5. The Bertz CT molecular complexity index is 1890. The normalized spacial score (nSPS) is 15.9. The van der Waals surface area contributed by atoms with Crippen molar-refractivity contribution in [2.45, 2.75) is 32.0 Å². The zero-order chi connectivity index (χ0) is 39.0. The van der Waals surface area contributed by atoms with Gasteiger partial charge in [0.05, 0.1) is 24.6 Å². The van der Waals surface area contributed by atoms with Gasteiger partial charge in [-0.1, -0.05) is 0 Å². The molecule has 2 aliphatic rings. The fourth-order valence-corrected chi connectivity index (χ4v) is 5.81. The first-order chi connectivity index (χ1) is 25.1. The lowest BCUT2D eigenvalue weighted by atomic mass is 9.94. The molecule has 0 saturated carbocycles. The zero-order valence-corrected chi connectivity index (χ0v) is 30.1. The van der Waals surface area contributed by atoms with E-state index in [1.165, 1.54) is 29.9 Å². The number of aliphatic carboxylic acids is 1. The minimum Gasteiger partial charge on any atom is -0.476 e. The van der Waals surface area contributed by atoms with E-state index in [0.29, 0.717) is 69.0 Å². The number of nitriles is 1. The van der Waals surface area contributed by atoms with Crippen molar-refractivity contribution < 1.29 is 55.7 Å². The van der Waals surface area contributed by atoms with Crippen LogP contribution in [0.3, 0.4) is 0 Å². The standard InChI is InChI=1S/C32H35F2N7O5.C2HF3O2.H2S/c1-19-15-21(38-30(42)29-37-17-25(39(29)2)24-5-6-26(46-13-9-35)28(34)27(24)33)3-4-23(19)32(44)40-10-7-20(8-11-40)31(43)41-12-14-45-22(16-36)18-41;3-2(4,5)1(6)7;/h3-6,15,17,20,22H,7-8,10-14,16,18,36H2,1-2H3,(H,38,42);(H,6,7);1H2/t22-;;/m0../s1. The third kappa shape index (κ3) is 10.2. The molecule has 1 atom stereocenters. The van der Waals surface area contributed by atoms with Crippen molar-refractivity contribution in [3.8, 4) is 23.1 Å². The molecule has 1 aromatic heterocycles. The smallest absolute Gasteiger partial charge is 0.476 e. The molecule has 3 heterocycles. The van der Waals surface area contributed by atoms with Crippen molar-refractivity contribution in [2.24, 2.45) is 18.7 Å². The predicted molar refractivity (Wildman–Crippen MR) is 187 cm³/mol. The maximum Gasteiger partial charge on any atom is 0.490 e.